The second kappa shape index (κ2) is 8.37. The molecule has 1 aliphatic rings. The Kier molecular flexibility index (Phi) is 6.49. The zero-order valence-corrected chi connectivity index (χ0v) is 13.4. The molecule has 0 radical (unpaired) electrons. The van der Waals surface area contributed by atoms with Crippen molar-refractivity contribution in [3.8, 4) is 0 Å². The second-order valence-electron chi connectivity index (χ2n) is 5.89. The highest BCUT2D eigenvalue weighted by molar-refractivity contribution is 5.48. The predicted molar refractivity (Wildman–Crippen MR) is 89.0 cm³/mol. The molecule has 0 saturated carbocycles. The number of aliphatic hydroxyl groups is 1. The summed E-state index contributed by atoms with van der Waals surface area (Å²) in [6.07, 6.45) is 1.02. The average Bonchev–Trinajstić information content (AvgIpc) is 2.52. The van der Waals surface area contributed by atoms with Gasteiger partial charge in [-0.15, -0.1) is 0 Å². The summed E-state index contributed by atoms with van der Waals surface area (Å²) in [4.78, 5) is 4.98. The molecule has 0 spiro atoms. The molecule has 1 fully saturated rings. The third-order valence-corrected chi connectivity index (χ3v) is 4.25. The van der Waals surface area contributed by atoms with Crippen molar-refractivity contribution < 1.29 is 5.11 Å². The van der Waals surface area contributed by atoms with Crippen LogP contribution in [0.5, 0.6) is 0 Å². The fourth-order valence-electron chi connectivity index (χ4n) is 2.94. The molecule has 1 aromatic rings. The summed E-state index contributed by atoms with van der Waals surface area (Å²) in [6.45, 7) is 10.9. The lowest BCUT2D eigenvalue weighted by molar-refractivity contribution is 0.201. The van der Waals surface area contributed by atoms with Crippen molar-refractivity contribution in [2.75, 3.05) is 50.8 Å². The van der Waals surface area contributed by atoms with E-state index in [-0.39, 0.29) is 12.6 Å². The highest BCUT2D eigenvalue weighted by atomic mass is 16.3. The van der Waals surface area contributed by atoms with E-state index in [1.165, 1.54) is 11.3 Å². The first-order valence-electron chi connectivity index (χ1n) is 8.11. The van der Waals surface area contributed by atoms with Crippen LogP contribution < -0.4 is 10.2 Å². The van der Waals surface area contributed by atoms with Gasteiger partial charge in [0.15, 0.2) is 0 Å². The topological polar surface area (TPSA) is 38.7 Å². The number of benzene rings is 1. The first-order chi connectivity index (χ1) is 10.2. The Morgan fingerprint density at radius 3 is 2.62 bits per heavy atom. The minimum atomic E-state index is 0.233. The van der Waals surface area contributed by atoms with Gasteiger partial charge in [-0.1, -0.05) is 19.1 Å². The van der Waals surface area contributed by atoms with Gasteiger partial charge in [0.2, 0.25) is 0 Å². The van der Waals surface area contributed by atoms with Gasteiger partial charge in [-0.3, -0.25) is 4.90 Å². The summed E-state index contributed by atoms with van der Waals surface area (Å²) in [7, 11) is 0. The van der Waals surface area contributed by atoms with Crippen molar-refractivity contribution in [1.29, 1.82) is 0 Å². The molecule has 0 bridgehead atoms. The quantitative estimate of drug-likeness (QED) is 0.798. The summed E-state index contributed by atoms with van der Waals surface area (Å²) < 4.78 is 0. The molecule has 21 heavy (non-hydrogen) atoms. The van der Waals surface area contributed by atoms with Gasteiger partial charge in [0.05, 0.1) is 6.61 Å². The molecule has 0 aromatic heterocycles. The highest BCUT2D eigenvalue weighted by Crippen LogP contribution is 2.17. The van der Waals surface area contributed by atoms with Gasteiger partial charge in [-0.2, -0.15) is 0 Å². The van der Waals surface area contributed by atoms with E-state index in [1.54, 1.807) is 0 Å². The van der Waals surface area contributed by atoms with Crippen LogP contribution in [0, 0.1) is 6.92 Å². The van der Waals surface area contributed by atoms with Crippen LogP contribution in [-0.2, 0) is 0 Å². The van der Waals surface area contributed by atoms with Crippen molar-refractivity contribution in [2.45, 2.75) is 26.3 Å². The van der Waals surface area contributed by atoms with E-state index in [0.29, 0.717) is 0 Å². The molecule has 1 aliphatic heterocycles. The summed E-state index contributed by atoms with van der Waals surface area (Å²) in [5.74, 6) is 0. The molecule has 1 saturated heterocycles. The van der Waals surface area contributed by atoms with Crippen LogP contribution in [0.3, 0.4) is 0 Å². The number of nitrogens with one attached hydrogen (secondary N) is 1. The number of aryl methyl sites for hydroxylation is 1. The van der Waals surface area contributed by atoms with Gasteiger partial charge >= 0.3 is 0 Å². The molecule has 0 amide bonds. The number of rotatable bonds is 7. The largest absolute Gasteiger partial charge is 0.395 e. The predicted octanol–water partition coefficient (Wildman–Crippen LogP) is 1.48. The third-order valence-electron chi connectivity index (χ3n) is 4.25. The molecule has 1 atom stereocenters. The molecular weight excluding hydrogens is 262 g/mol. The van der Waals surface area contributed by atoms with E-state index >= 15 is 0 Å². The van der Waals surface area contributed by atoms with Gasteiger partial charge < -0.3 is 15.3 Å². The van der Waals surface area contributed by atoms with Crippen LogP contribution in [0.25, 0.3) is 0 Å². The van der Waals surface area contributed by atoms with Crippen molar-refractivity contribution in [1.82, 2.24) is 10.2 Å². The smallest absolute Gasteiger partial charge is 0.0585 e. The number of nitrogens with zero attached hydrogens (tertiary/aromatic N) is 2. The van der Waals surface area contributed by atoms with Gasteiger partial charge in [-0.05, 0) is 44.1 Å². The maximum atomic E-state index is 9.31. The van der Waals surface area contributed by atoms with Crippen LogP contribution in [0.4, 0.5) is 5.69 Å². The lowest BCUT2D eigenvalue weighted by atomic mass is 10.1. The first-order valence-corrected chi connectivity index (χ1v) is 8.11. The normalized spacial score (nSPS) is 18.0. The molecule has 2 N–H and O–H groups in total. The van der Waals surface area contributed by atoms with E-state index in [0.717, 1.165) is 45.7 Å². The molecular formula is C17H29N3O. The Labute approximate surface area is 128 Å². The molecule has 0 aliphatic carbocycles. The number of hydrogen-bond donors (Lipinski definition) is 2. The Bertz CT molecular complexity index is 416. The van der Waals surface area contributed by atoms with Crippen molar-refractivity contribution in [2.24, 2.45) is 0 Å². The third kappa shape index (κ3) is 4.99. The molecule has 4 heteroatoms. The maximum absolute atomic E-state index is 9.31. The Morgan fingerprint density at radius 2 is 2.00 bits per heavy atom. The fraction of sp³-hybridized carbons (Fsp3) is 0.647. The van der Waals surface area contributed by atoms with Crippen molar-refractivity contribution >= 4 is 5.69 Å². The standard InChI is InChI=1S/C17H29N3O/c1-3-18-16(14-21)7-8-19-9-11-20(12-10-19)17-6-4-5-15(2)13-17/h4-6,13,16,18,21H,3,7-12,14H2,1-2H3. The summed E-state index contributed by atoms with van der Waals surface area (Å²) >= 11 is 0. The SMILES string of the molecule is CCNC(CO)CCN1CCN(c2cccc(C)c2)CC1. The lowest BCUT2D eigenvalue weighted by Crippen LogP contribution is -2.48. The molecule has 1 unspecified atom stereocenters. The molecule has 2 rings (SSSR count). The van der Waals surface area contributed by atoms with Crippen LogP contribution >= 0.6 is 0 Å². The summed E-state index contributed by atoms with van der Waals surface area (Å²) in [6, 6.07) is 9.00. The van der Waals surface area contributed by atoms with Crippen molar-refractivity contribution in [3.63, 3.8) is 0 Å². The zero-order chi connectivity index (χ0) is 15.1. The number of piperazine rings is 1. The number of aliphatic hydroxyl groups excluding tert-OH is 1. The number of anilines is 1. The molecule has 118 valence electrons. The van der Waals surface area contributed by atoms with Crippen LogP contribution in [-0.4, -0.2) is 61.9 Å². The van der Waals surface area contributed by atoms with Gasteiger partial charge in [0.25, 0.3) is 0 Å². The molecule has 1 aromatic carbocycles. The van der Waals surface area contributed by atoms with Crippen LogP contribution in [0.1, 0.15) is 18.9 Å². The number of likely N-dealkylation sites (N-methyl/N-ethyl adjacent to an activating group) is 1. The minimum Gasteiger partial charge on any atom is -0.395 e. The van der Waals surface area contributed by atoms with Crippen LogP contribution in [0.2, 0.25) is 0 Å². The Hall–Kier alpha value is -1.10. The van der Waals surface area contributed by atoms with E-state index in [9.17, 15) is 5.11 Å². The summed E-state index contributed by atoms with van der Waals surface area (Å²) in [5.41, 5.74) is 2.67. The van der Waals surface area contributed by atoms with E-state index in [2.05, 4.69) is 53.2 Å². The van der Waals surface area contributed by atoms with E-state index < -0.39 is 0 Å². The number of hydrogen-bond acceptors (Lipinski definition) is 4. The van der Waals surface area contributed by atoms with Crippen LogP contribution in [0.15, 0.2) is 24.3 Å². The Balaban J connectivity index is 1.75. The van der Waals surface area contributed by atoms with Gasteiger partial charge in [0, 0.05) is 37.9 Å². The minimum absolute atomic E-state index is 0.233. The first kappa shape index (κ1) is 16.3. The summed E-state index contributed by atoms with van der Waals surface area (Å²) in [5, 5.41) is 12.6. The monoisotopic (exact) mass is 291 g/mol. The van der Waals surface area contributed by atoms with E-state index in [1.807, 2.05) is 0 Å². The second-order valence-corrected chi connectivity index (χ2v) is 5.89. The maximum Gasteiger partial charge on any atom is 0.0585 e. The van der Waals surface area contributed by atoms with E-state index in [4.69, 9.17) is 0 Å². The van der Waals surface area contributed by atoms with Gasteiger partial charge in [-0.25, -0.2) is 0 Å². The average molecular weight is 291 g/mol. The van der Waals surface area contributed by atoms with Gasteiger partial charge in [0.1, 0.15) is 0 Å². The lowest BCUT2D eigenvalue weighted by Gasteiger charge is -2.36. The molecule has 4 nitrogen and oxygen atoms in total. The fourth-order valence-corrected chi connectivity index (χ4v) is 2.94. The molecule has 1 heterocycles. The zero-order valence-electron chi connectivity index (χ0n) is 13.4. The highest BCUT2D eigenvalue weighted by Gasteiger charge is 2.18. The Morgan fingerprint density at radius 1 is 1.24 bits per heavy atom. The van der Waals surface area contributed by atoms with Crippen molar-refractivity contribution in [3.05, 3.63) is 29.8 Å².